The van der Waals surface area contributed by atoms with Gasteiger partial charge in [0.1, 0.15) is 0 Å². The van der Waals surface area contributed by atoms with Crippen LogP contribution < -0.4 is 15.1 Å². The number of hydrogen-bond acceptors (Lipinski definition) is 5. The van der Waals surface area contributed by atoms with Crippen molar-refractivity contribution < 1.29 is 4.79 Å². The summed E-state index contributed by atoms with van der Waals surface area (Å²) in [6.07, 6.45) is 4.13. The number of fused-ring (bicyclic) bond motifs is 1. The summed E-state index contributed by atoms with van der Waals surface area (Å²) >= 11 is 0. The summed E-state index contributed by atoms with van der Waals surface area (Å²) in [7, 11) is 3.95. The topological polar surface area (TPSA) is 61.4 Å². The van der Waals surface area contributed by atoms with Gasteiger partial charge in [-0.05, 0) is 42.3 Å². The molecule has 6 heteroatoms. The molecular formula is C21H21N5O. The summed E-state index contributed by atoms with van der Waals surface area (Å²) in [5.74, 6) is 0.396. The van der Waals surface area contributed by atoms with Crippen molar-refractivity contribution in [2.75, 3.05) is 35.8 Å². The molecule has 0 aliphatic carbocycles. The van der Waals surface area contributed by atoms with Crippen LogP contribution in [0, 0.1) is 0 Å². The van der Waals surface area contributed by atoms with Gasteiger partial charge in [-0.3, -0.25) is 4.79 Å². The van der Waals surface area contributed by atoms with Gasteiger partial charge in [0, 0.05) is 50.1 Å². The first-order valence-electron chi connectivity index (χ1n) is 8.88. The molecule has 0 fully saturated rings. The van der Waals surface area contributed by atoms with E-state index >= 15 is 0 Å². The average Bonchev–Trinajstić information content (AvgIpc) is 3.12. The normalized spacial score (nSPS) is 12.6. The molecule has 1 amide bonds. The zero-order valence-corrected chi connectivity index (χ0v) is 15.4. The molecule has 3 aromatic rings. The fourth-order valence-electron chi connectivity index (χ4n) is 3.17. The molecule has 1 aliphatic heterocycles. The molecule has 0 saturated carbocycles. The Hall–Kier alpha value is -3.41. The Labute approximate surface area is 158 Å². The first kappa shape index (κ1) is 17.0. The third-order valence-corrected chi connectivity index (χ3v) is 4.67. The Kier molecular flexibility index (Phi) is 4.46. The van der Waals surface area contributed by atoms with Crippen molar-refractivity contribution in [1.82, 2.24) is 9.97 Å². The maximum Gasteiger partial charge on any atom is 0.258 e. The molecular weight excluding hydrogens is 338 g/mol. The van der Waals surface area contributed by atoms with Crippen molar-refractivity contribution in [3.63, 3.8) is 0 Å². The second kappa shape index (κ2) is 7.07. The van der Waals surface area contributed by atoms with E-state index in [2.05, 4.69) is 32.3 Å². The molecule has 0 unspecified atom stereocenters. The minimum atomic E-state index is -0.221. The third kappa shape index (κ3) is 3.46. The maximum atomic E-state index is 12.4. The van der Waals surface area contributed by atoms with Gasteiger partial charge in [0.05, 0.1) is 5.56 Å². The number of anilines is 4. The summed E-state index contributed by atoms with van der Waals surface area (Å²) < 4.78 is 0. The molecule has 0 saturated heterocycles. The molecule has 0 radical (unpaired) electrons. The number of benzene rings is 2. The van der Waals surface area contributed by atoms with E-state index < -0.39 is 0 Å². The number of carbonyl (C=O) groups is 1. The zero-order valence-electron chi connectivity index (χ0n) is 15.4. The van der Waals surface area contributed by atoms with Crippen LogP contribution in [0.1, 0.15) is 15.9 Å². The van der Waals surface area contributed by atoms with E-state index in [9.17, 15) is 4.79 Å². The van der Waals surface area contributed by atoms with Crippen LogP contribution in [0.25, 0.3) is 0 Å². The molecule has 0 bridgehead atoms. The van der Waals surface area contributed by atoms with Crippen LogP contribution in [0.5, 0.6) is 0 Å². The minimum Gasteiger partial charge on any atom is -0.378 e. The van der Waals surface area contributed by atoms with E-state index in [-0.39, 0.29) is 5.91 Å². The average molecular weight is 359 g/mol. The van der Waals surface area contributed by atoms with E-state index in [0.717, 1.165) is 30.0 Å². The van der Waals surface area contributed by atoms with Crippen LogP contribution in [-0.2, 0) is 6.42 Å². The SMILES string of the molecule is CN(C)c1ccc(NC(=O)c2cnc(N3CCc4ccccc43)nc2)cc1. The number of carbonyl (C=O) groups excluding carboxylic acids is 1. The smallest absolute Gasteiger partial charge is 0.258 e. The van der Waals surface area contributed by atoms with Crippen LogP contribution >= 0.6 is 0 Å². The maximum absolute atomic E-state index is 12.4. The van der Waals surface area contributed by atoms with Crippen molar-refractivity contribution in [2.45, 2.75) is 6.42 Å². The molecule has 1 aliphatic rings. The number of nitrogens with one attached hydrogen (secondary N) is 1. The lowest BCUT2D eigenvalue weighted by molar-refractivity contribution is 0.102. The fraction of sp³-hybridized carbons (Fsp3) is 0.190. The van der Waals surface area contributed by atoms with Crippen molar-refractivity contribution in [1.29, 1.82) is 0 Å². The summed E-state index contributed by atoms with van der Waals surface area (Å²) in [6.45, 7) is 0.850. The summed E-state index contributed by atoms with van der Waals surface area (Å²) in [5, 5.41) is 2.88. The largest absolute Gasteiger partial charge is 0.378 e. The van der Waals surface area contributed by atoms with Gasteiger partial charge >= 0.3 is 0 Å². The Bertz CT molecular complexity index is 951. The van der Waals surface area contributed by atoms with Crippen molar-refractivity contribution in [2.24, 2.45) is 0 Å². The van der Waals surface area contributed by atoms with E-state index in [0.29, 0.717) is 11.5 Å². The number of amides is 1. The van der Waals surface area contributed by atoms with Gasteiger partial charge in [0.15, 0.2) is 0 Å². The van der Waals surface area contributed by atoms with Crippen LogP contribution in [0.15, 0.2) is 60.9 Å². The predicted molar refractivity (Wildman–Crippen MR) is 108 cm³/mol. The molecule has 0 atom stereocenters. The van der Waals surface area contributed by atoms with Crippen molar-refractivity contribution in [3.8, 4) is 0 Å². The number of rotatable bonds is 4. The highest BCUT2D eigenvalue weighted by molar-refractivity contribution is 6.04. The molecule has 2 aromatic carbocycles. The monoisotopic (exact) mass is 359 g/mol. The van der Waals surface area contributed by atoms with E-state index in [1.165, 1.54) is 5.56 Å². The molecule has 6 nitrogen and oxygen atoms in total. The van der Waals surface area contributed by atoms with Crippen molar-refractivity contribution >= 4 is 28.9 Å². The number of aromatic nitrogens is 2. The van der Waals surface area contributed by atoms with E-state index in [1.54, 1.807) is 12.4 Å². The first-order chi connectivity index (χ1) is 13.1. The highest BCUT2D eigenvalue weighted by atomic mass is 16.1. The Morgan fingerprint density at radius 3 is 2.44 bits per heavy atom. The number of hydrogen-bond donors (Lipinski definition) is 1. The van der Waals surface area contributed by atoms with Gasteiger partial charge in [-0.1, -0.05) is 18.2 Å². The van der Waals surface area contributed by atoms with Crippen LogP contribution in [-0.4, -0.2) is 36.5 Å². The zero-order chi connectivity index (χ0) is 18.8. The predicted octanol–water partition coefficient (Wildman–Crippen LogP) is 3.49. The van der Waals surface area contributed by atoms with Gasteiger partial charge in [-0.25, -0.2) is 9.97 Å². The summed E-state index contributed by atoms with van der Waals surface area (Å²) in [4.78, 5) is 25.4. The fourth-order valence-corrected chi connectivity index (χ4v) is 3.17. The highest BCUT2D eigenvalue weighted by Gasteiger charge is 2.22. The van der Waals surface area contributed by atoms with Gasteiger partial charge in [0.2, 0.25) is 5.95 Å². The quantitative estimate of drug-likeness (QED) is 0.773. The Morgan fingerprint density at radius 1 is 1.04 bits per heavy atom. The second-order valence-corrected chi connectivity index (χ2v) is 6.70. The van der Waals surface area contributed by atoms with Crippen LogP contribution in [0.3, 0.4) is 0 Å². The van der Waals surface area contributed by atoms with Crippen molar-refractivity contribution in [3.05, 3.63) is 72.1 Å². The molecule has 4 rings (SSSR count). The third-order valence-electron chi connectivity index (χ3n) is 4.67. The Morgan fingerprint density at radius 2 is 1.74 bits per heavy atom. The van der Waals surface area contributed by atoms with Gasteiger partial charge in [0.25, 0.3) is 5.91 Å². The first-order valence-corrected chi connectivity index (χ1v) is 8.88. The van der Waals surface area contributed by atoms with E-state index in [4.69, 9.17) is 0 Å². The van der Waals surface area contributed by atoms with Gasteiger partial charge in [-0.15, -0.1) is 0 Å². The highest BCUT2D eigenvalue weighted by Crippen LogP contribution is 2.31. The lowest BCUT2D eigenvalue weighted by Crippen LogP contribution is -2.18. The van der Waals surface area contributed by atoms with Crippen LogP contribution in [0.2, 0.25) is 0 Å². The second-order valence-electron chi connectivity index (χ2n) is 6.70. The number of nitrogens with zero attached hydrogens (tertiary/aromatic N) is 4. The van der Waals surface area contributed by atoms with E-state index in [1.807, 2.05) is 55.4 Å². The molecule has 27 heavy (non-hydrogen) atoms. The van der Waals surface area contributed by atoms with Gasteiger partial charge < -0.3 is 15.1 Å². The van der Waals surface area contributed by atoms with Crippen LogP contribution in [0.4, 0.5) is 23.0 Å². The molecule has 0 spiro atoms. The Balaban J connectivity index is 1.47. The lowest BCUT2D eigenvalue weighted by atomic mass is 10.2. The number of para-hydroxylation sites is 1. The molecule has 136 valence electrons. The summed E-state index contributed by atoms with van der Waals surface area (Å²) in [6, 6.07) is 15.9. The standard InChI is InChI=1S/C21H21N5O/c1-25(2)18-9-7-17(8-10-18)24-20(27)16-13-22-21(23-14-16)26-12-11-15-5-3-4-6-19(15)26/h3-10,13-14H,11-12H2,1-2H3,(H,24,27). The lowest BCUT2D eigenvalue weighted by Gasteiger charge is -2.17. The van der Waals surface area contributed by atoms with Gasteiger partial charge in [-0.2, -0.15) is 0 Å². The minimum absolute atomic E-state index is 0.221. The summed E-state index contributed by atoms with van der Waals surface area (Å²) in [5.41, 5.74) is 4.68. The molecule has 1 aromatic heterocycles. The molecule has 1 N–H and O–H groups in total. The molecule has 2 heterocycles.